The number of nitrogens with zero attached hydrogens (tertiary/aromatic N) is 2. The van der Waals surface area contributed by atoms with Gasteiger partial charge in [-0.05, 0) is 6.07 Å². The van der Waals surface area contributed by atoms with Gasteiger partial charge in [-0.1, -0.05) is 12.1 Å². The topological polar surface area (TPSA) is 87.1 Å². The summed E-state index contributed by atoms with van der Waals surface area (Å²) in [7, 11) is 0. The lowest BCUT2D eigenvalue weighted by atomic mass is 10.1. The Morgan fingerprint density at radius 3 is 3.07 bits per heavy atom. The molecule has 1 heterocycles. The molecule has 0 saturated heterocycles. The van der Waals surface area contributed by atoms with Crippen molar-refractivity contribution in [3.8, 4) is 6.07 Å². The van der Waals surface area contributed by atoms with Crippen molar-refractivity contribution in [1.82, 2.24) is 4.98 Å². The Morgan fingerprint density at radius 2 is 2.40 bits per heavy atom. The Hall–Kier alpha value is -2.35. The second-order valence-corrected chi connectivity index (χ2v) is 2.97. The molecule has 0 bridgehead atoms. The van der Waals surface area contributed by atoms with Gasteiger partial charge < -0.3 is 9.52 Å². The predicted molar refractivity (Wildman–Crippen MR) is 50.1 cm³/mol. The van der Waals surface area contributed by atoms with Crippen LogP contribution in [0.25, 0.3) is 11.1 Å². The highest BCUT2D eigenvalue weighted by molar-refractivity contribution is 5.82. The third-order valence-corrected chi connectivity index (χ3v) is 1.93. The normalized spacial score (nSPS) is 10.1. The first-order valence-corrected chi connectivity index (χ1v) is 4.21. The minimum atomic E-state index is -0.947. The van der Waals surface area contributed by atoms with Gasteiger partial charge in [0, 0.05) is 5.56 Å². The lowest BCUT2D eigenvalue weighted by Crippen LogP contribution is -1.99. The highest BCUT2D eigenvalue weighted by Crippen LogP contribution is 2.20. The maximum atomic E-state index is 10.6. The number of hydrogen-bond acceptors (Lipinski definition) is 4. The molecule has 5 nitrogen and oxygen atoms in total. The SMILES string of the molecule is N#Cc1nc2cccc(CC(=O)O)c2o1. The summed E-state index contributed by atoms with van der Waals surface area (Å²) in [6.45, 7) is 0. The van der Waals surface area contributed by atoms with E-state index in [2.05, 4.69) is 4.98 Å². The number of carboxylic acids is 1. The van der Waals surface area contributed by atoms with Crippen LogP contribution in [0, 0.1) is 11.3 Å². The summed E-state index contributed by atoms with van der Waals surface area (Å²) in [6.07, 6.45) is -0.141. The molecule has 0 atom stereocenters. The van der Waals surface area contributed by atoms with Crippen LogP contribution in [0.1, 0.15) is 11.5 Å². The van der Waals surface area contributed by atoms with Crippen LogP contribution in [0.5, 0.6) is 0 Å². The Kier molecular flexibility index (Phi) is 2.10. The van der Waals surface area contributed by atoms with Gasteiger partial charge in [-0.2, -0.15) is 10.2 Å². The van der Waals surface area contributed by atoms with Crippen molar-refractivity contribution >= 4 is 17.1 Å². The van der Waals surface area contributed by atoms with Crippen molar-refractivity contribution in [2.45, 2.75) is 6.42 Å². The van der Waals surface area contributed by atoms with Crippen LogP contribution in [-0.4, -0.2) is 16.1 Å². The minimum absolute atomic E-state index is 0.0529. The largest absolute Gasteiger partial charge is 0.481 e. The molecule has 2 aromatic rings. The van der Waals surface area contributed by atoms with Crippen molar-refractivity contribution in [1.29, 1.82) is 5.26 Å². The molecule has 5 heteroatoms. The van der Waals surface area contributed by atoms with Gasteiger partial charge in [0.15, 0.2) is 11.7 Å². The molecule has 0 fully saturated rings. The van der Waals surface area contributed by atoms with E-state index in [1.54, 1.807) is 24.3 Å². The fourth-order valence-electron chi connectivity index (χ4n) is 1.36. The maximum absolute atomic E-state index is 10.6. The Balaban J connectivity index is 2.60. The molecule has 0 unspecified atom stereocenters. The van der Waals surface area contributed by atoms with Gasteiger partial charge >= 0.3 is 11.9 Å². The van der Waals surface area contributed by atoms with Crippen LogP contribution in [0.2, 0.25) is 0 Å². The summed E-state index contributed by atoms with van der Waals surface area (Å²) in [4.78, 5) is 14.4. The monoisotopic (exact) mass is 202 g/mol. The third kappa shape index (κ3) is 1.65. The van der Waals surface area contributed by atoms with Crippen molar-refractivity contribution in [3.05, 3.63) is 29.7 Å². The molecule has 15 heavy (non-hydrogen) atoms. The Labute approximate surface area is 84.6 Å². The van der Waals surface area contributed by atoms with Crippen molar-refractivity contribution < 1.29 is 14.3 Å². The van der Waals surface area contributed by atoms with Crippen LogP contribution < -0.4 is 0 Å². The number of nitriles is 1. The summed E-state index contributed by atoms with van der Waals surface area (Å²) < 4.78 is 5.11. The average molecular weight is 202 g/mol. The number of aromatic nitrogens is 1. The number of oxazole rings is 1. The lowest BCUT2D eigenvalue weighted by molar-refractivity contribution is -0.136. The second kappa shape index (κ2) is 3.42. The predicted octanol–water partition coefficient (Wildman–Crippen LogP) is 1.33. The maximum Gasteiger partial charge on any atom is 0.307 e. The van der Waals surface area contributed by atoms with Gasteiger partial charge in [0.1, 0.15) is 5.52 Å². The van der Waals surface area contributed by atoms with Crippen LogP contribution in [0.15, 0.2) is 22.6 Å². The first kappa shape index (κ1) is 9.21. The zero-order chi connectivity index (χ0) is 10.8. The first-order chi connectivity index (χ1) is 7.20. The third-order valence-electron chi connectivity index (χ3n) is 1.93. The number of carbonyl (C=O) groups is 1. The number of aliphatic carboxylic acids is 1. The number of benzene rings is 1. The van der Waals surface area contributed by atoms with Crippen molar-refractivity contribution in [2.75, 3.05) is 0 Å². The van der Waals surface area contributed by atoms with E-state index >= 15 is 0 Å². The number of rotatable bonds is 2. The molecule has 1 aromatic heterocycles. The van der Waals surface area contributed by atoms with E-state index in [0.717, 1.165) is 0 Å². The van der Waals surface area contributed by atoms with E-state index in [0.29, 0.717) is 16.7 Å². The molecule has 0 spiro atoms. The van der Waals surface area contributed by atoms with Crippen LogP contribution in [-0.2, 0) is 11.2 Å². The quantitative estimate of drug-likeness (QED) is 0.793. The van der Waals surface area contributed by atoms with E-state index in [9.17, 15) is 4.79 Å². The molecule has 0 aliphatic heterocycles. The van der Waals surface area contributed by atoms with Crippen molar-refractivity contribution in [2.24, 2.45) is 0 Å². The van der Waals surface area contributed by atoms with Gasteiger partial charge in [-0.3, -0.25) is 4.79 Å². The summed E-state index contributed by atoms with van der Waals surface area (Å²) in [5.41, 5.74) is 1.40. The standard InChI is InChI=1S/C10H6N2O3/c11-5-8-12-7-3-1-2-6(4-9(13)14)10(7)15-8/h1-3H,4H2,(H,13,14). The molecule has 0 amide bonds. The molecule has 0 aliphatic carbocycles. The van der Waals surface area contributed by atoms with Crippen molar-refractivity contribution in [3.63, 3.8) is 0 Å². The smallest absolute Gasteiger partial charge is 0.307 e. The summed E-state index contributed by atoms with van der Waals surface area (Å²) in [5.74, 6) is -1.000. The molecule has 0 radical (unpaired) electrons. The summed E-state index contributed by atoms with van der Waals surface area (Å²) in [5, 5.41) is 17.3. The molecule has 1 N–H and O–H groups in total. The molecular weight excluding hydrogens is 196 g/mol. The molecule has 0 aliphatic rings. The molecular formula is C10H6N2O3. The summed E-state index contributed by atoms with van der Waals surface area (Å²) >= 11 is 0. The molecule has 1 aromatic carbocycles. The number of carboxylic acid groups (broad SMARTS) is 1. The zero-order valence-electron chi connectivity index (χ0n) is 7.60. The molecule has 2 rings (SSSR count). The highest BCUT2D eigenvalue weighted by atomic mass is 16.4. The first-order valence-electron chi connectivity index (χ1n) is 4.21. The lowest BCUT2D eigenvalue weighted by Gasteiger charge is -1.95. The highest BCUT2D eigenvalue weighted by Gasteiger charge is 2.11. The van der Waals surface area contributed by atoms with E-state index in [4.69, 9.17) is 14.8 Å². The Bertz CT molecular complexity index is 566. The fourth-order valence-corrected chi connectivity index (χ4v) is 1.36. The fraction of sp³-hybridized carbons (Fsp3) is 0.100. The molecule has 0 saturated carbocycles. The van der Waals surface area contributed by atoms with Gasteiger partial charge in [-0.15, -0.1) is 0 Å². The van der Waals surface area contributed by atoms with Crippen LogP contribution in [0.4, 0.5) is 0 Å². The van der Waals surface area contributed by atoms with Gasteiger partial charge in [-0.25, -0.2) is 0 Å². The van der Waals surface area contributed by atoms with Gasteiger partial charge in [0.25, 0.3) is 0 Å². The van der Waals surface area contributed by atoms with E-state index in [1.165, 1.54) is 0 Å². The van der Waals surface area contributed by atoms with Gasteiger partial charge in [0.05, 0.1) is 6.42 Å². The number of fused-ring (bicyclic) bond motifs is 1. The number of para-hydroxylation sites is 1. The van der Waals surface area contributed by atoms with E-state index in [1.807, 2.05) is 0 Å². The zero-order valence-corrected chi connectivity index (χ0v) is 7.60. The van der Waals surface area contributed by atoms with E-state index < -0.39 is 5.97 Å². The van der Waals surface area contributed by atoms with Crippen LogP contribution in [0.3, 0.4) is 0 Å². The Morgan fingerprint density at radius 1 is 1.60 bits per heavy atom. The number of hydrogen-bond donors (Lipinski definition) is 1. The summed E-state index contributed by atoms with van der Waals surface area (Å²) in [6, 6.07) is 6.77. The minimum Gasteiger partial charge on any atom is -0.481 e. The second-order valence-electron chi connectivity index (χ2n) is 2.97. The van der Waals surface area contributed by atoms with Crippen LogP contribution >= 0.6 is 0 Å². The van der Waals surface area contributed by atoms with E-state index in [-0.39, 0.29) is 12.3 Å². The average Bonchev–Trinajstić information content (AvgIpc) is 2.61. The molecule has 74 valence electrons. The van der Waals surface area contributed by atoms with Gasteiger partial charge in [0.2, 0.25) is 0 Å².